The Hall–Kier alpha value is -0.0400. The smallest absolute Gasteiger partial charge is 0.0224 e. The third kappa shape index (κ3) is 1.98. The first kappa shape index (κ1) is 8.06. The van der Waals surface area contributed by atoms with E-state index in [9.17, 15) is 0 Å². The zero-order valence-corrected chi connectivity index (χ0v) is 7.52. The summed E-state index contributed by atoms with van der Waals surface area (Å²) in [5.41, 5.74) is 0. The van der Waals surface area contributed by atoms with E-state index < -0.39 is 0 Å². The van der Waals surface area contributed by atoms with E-state index in [1.54, 1.807) is 0 Å². The third-order valence-corrected chi connectivity index (χ3v) is 2.74. The van der Waals surface area contributed by atoms with Gasteiger partial charge in [-0.1, -0.05) is 20.8 Å². The van der Waals surface area contributed by atoms with Gasteiger partial charge in [0, 0.05) is 12.1 Å². The molecule has 3 atom stereocenters. The number of hydrogen-bond donors (Lipinski definition) is 1. The molecule has 1 aliphatic rings. The van der Waals surface area contributed by atoms with Crippen LogP contribution in [0.2, 0.25) is 0 Å². The molecule has 1 rings (SSSR count). The molecule has 1 heteroatoms. The predicted octanol–water partition coefficient (Wildman–Crippen LogP) is 2.03. The van der Waals surface area contributed by atoms with Crippen LogP contribution in [0.25, 0.3) is 0 Å². The molecule has 0 bridgehead atoms. The van der Waals surface area contributed by atoms with Crippen LogP contribution in [-0.2, 0) is 0 Å². The average Bonchev–Trinajstić information content (AvgIpc) is 2.46. The van der Waals surface area contributed by atoms with Gasteiger partial charge in [-0.2, -0.15) is 0 Å². The topological polar surface area (TPSA) is 21.9 Å². The van der Waals surface area contributed by atoms with Crippen LogP contribution in [0.3, 0.4) is 0 Å². The fourth-order valence-corrected chi connectivity index (χ4v) is 1.23. The van der Waals surface area contributed by atoms with Gasteiger partial charge >= 0.3 is 0 Å². The fraction of sp³-hybridized carbons (Fsp3) is 1.00. The van der Waals surface area contributed by atoms with Gasteiger partial charge in [0.05, 0.1) is 0 Å². The van der Waals surface area contributed by atoms with Crippen molar-refractivity contribution in [2.75, 3.05) is 0 Å². The Balaban J connectivity index is 2.13. The van der Waals surface area contributed by atoms with Crippen LogP contribution in [0.4, 0.5) is 0 Å². The molecular formula is C9H19N. The summed E-state index contributed by atoms with van der Waals surface area (Å²) >= 11 is 0. The molecule has 0 aromatic heterocycles. The lowest BCUT2D eigenvalue weighted by molar-refractivity contribution is 0.388. The molecular weight excluding hydrogens is 122 g/mol. The van der Waals surface area contributed by atoms with Crippen LogP contribution in [0.15, 0.2) is 0 Å². The minimum atomic E-state index is 0.793. The first-order chi connectivity index (χ1) is 4.61. The van der Waals surface area contributed by atoms with Gasteiger partial charge in [0.15, 0.2) is 0 Å². The van der Waals surface area contributed by atoms with Gasteiger partial charge in [0.1, 0.15) is 0 Å². The summed E-state index contributed by atoms with van der Waals surface area (Å²) in [7, 11) is 0. The molecule has 1 nitrogen and oxygen atoms in total. The van der Waals surface area contributed by atoms with Crippen LogP contribution in [0.5, 0.6) is 0 Å². The molecule has 10 heavy (non-hydrogen) atoms. The maximum Gasteiger partial charge on any atom is 0.0224 e. The molecule has 1 fully saturated rings. The zero-order chi connectivity index (χ0) is 7.72. The van der Waals surface area contributed by atoms with Crippen LogP contribution < -0.4 is 5.32 Å². The summed E-state index contributed by atoms with van der Waals surface area (Å²) in [6.07, 6.45) is 1.36. The Morgan fingerprint density at radius 1 is 1.30 bits per heavy atom. The fourth-order valence-electron chi connectivity index (χ4n) is 1.23. The zero-order valence-electron chi connectivity index (χ0n) is 7.52. The second-order valence-corrected chi connectivity index (χ2v) is 4.02. The highest BCUT2D eigenvalue weighted by atomic mass is 15.1. The minimum absolute atomic E-state index is 0.793. The van der Waals surface area contributed by atoms with Crippen molar-refractivity contribution in [1.29, 1.82) is 0 Å². The Kier molecular flexibility index (Phi) is 2.35. The van der Waals surface area contributed by atoms with E-state index in [0.29, 0.717) is 0 Å². The number of rotatable bonds is 3. The van der Waals surface area contributed by atoms with Crippen molar-refractivity contribution in [2.24, 2.45) is 11.8 Å². The van der Waals surface area contributed by atoms with Crippen LogP contribution in [0.1, 0.15) is 34.1 Å². The van der Waals surface area contributed by atoms with Gasteiger partial charge in [-0.25, -0.2) is 0 Å². The Labute approximate surface area is 64.2 Å². The normalized spacial score (nSPS) is 34.5. The van der Waals surface area contributed by atoms with Crippen molar-refractivity contribution in [3.63, 3.8) is 0 Å². The standard InChI is InChI=1S/C9H19N/c1-6(2)7(3)5-9-8(4)10-9/h6-10H,5H2,1-4H3. The third-order valence-electron chi connectivity index (χ3n) is 2.74. The summed E-state index contributed by atoms with van der Waals surface area (Å²) < 4.78 is 0. The van der Waals surface area contributed by atoms with E-state index in [1.807, 2.05) is 0 Å². The maximum absolute atomic E-state index is 3.42. The summed E-state index contributed by atoms with van der Waals surface area (Å²) in [6, 6.07) is 1.62. The molecule has 60 valence electrons. The van der Waals surface area contributed by atoms with Crippen molar-refractivity contribution in [1.82, 2.24) is 5.32 Å². The molecule has 1 aliphatic heterocycles. The van der Waals surface area contributed by atoms with Crippen LogP contribution in [-0.4, -0.2) is 12.1 Å². The van der Waals surface area contributed by atoms with E-state index >= 15 is 0 Å². The molecule has 1 N–H and O–H groups in total. The number of nitrogens with one attached hydrogen (secondary N) is 1. The van der Waals surface area contributed by atoms with E-state index in [2.05, 4.69) is 33.0 Å². The Bertz CT molecular complexity index is 109. The van der Waals surface area contributed by atoms with E-state index in [1.165, 1.54) is 6.42 Å². The SMILES string of the molecule is CC(C)C(C)CC1NC1C. The molecule has 0 spiro atoms. The molecule has 0 aromatic rings. The molecule has 3 unspecified atom stereocenters. The van der Waals surface area contributed by atoms with E-state index in [-0.39, 0.29) is 0 Å². The first-order valence-corrected chi connectivity index (χ1v) is 4.37. The summed E-state index contributed by atoms with van der Waals surface area (Å²) in [5, 5.41) is 3.42. The van der Waals surface area contributed by atoms with Gasteiger partial charge in [-0.05, 0) is 25.2 Å². The Morgan fingerprint density at radius 2 is 1.80 bits per heavy atom. The highest BCUT2D eigenvalue weighted by Gasteiger charge is 2.32. The summed E-state index contributed by atoms with van der Waals surface area (Å²) in [4.78, 5) is 0. The highest BCUT2D eigenvalue weighted by molar-refractivity contribution is 4.95. The van der Waals surface area contributed by atoms with Crippen molar-refractivity contribution in [3.05, 3.63) is 0 Å². The molecule has 1 saturated heterocycles. The van der Waals surface area contributed by atoms with Gasteiger partial charge in [0.25, 0.3) is 0 Å². The Morgan fingerprint density at radius 3 is 2.10 bits per heavy atom. The van der Waals surface area contributed by atoms with Crippen LogP contribution >= 0.6 is 0 Å². The first-order valence-electron chi connectivity index (χ1n) is 4.37. The molecule has 0 saturated carbocycles. The highest BCUT2D eigenvalue weighted by Crippen LogP contribution is 2.23. The molecule has 1 heterocycles. The second-order valence-electron chi connectivity index (χ2n) is 4.02. The molecule has 0 radical (unpaired) electrons. The summed E-state index contributed by atoms with van der Waals surface area (Å²) in [6.45, 7) is 9.21. The van der Waals surface area contributed by atoms with Gasteiger partial charge in [0.2, 0.25) is 0 Å². The lowest BCUT2D eigenvalue weighted by Crippen LogP contribution is -2.08. The van der Waals surface area contributed by atoms with Crippen molar-refractivity contribution in [2.45, 2.75) is 46.2 Å². The molecule has 0 aliphatic carbocycles. The van der Waals surface area contributed by atoms with E-state index in [0.717, 1.165) is 23.9 Å². The van der Waals surface area contributed by atoms with Gasteiger partial charge in [-0.15, -0.1) is 0 Å². The predicted molar refractivity (Wildman–Crippen MR) is 45.0 cm³/mol. The monoisotopic (exact) mass is 141 g/mol. The number of hydrogen-bond acceptors (Lipinski definition) is 1. The summed E-state index contributed by atoms with van der Waals surface area (Å²) in [5.74, 6) is 1.72. The average molecular weight is 141 g/mol. The van der Waals surface area contributed by atoms with Crippen LogP contribution in [0, 0.1) is 11.8 Å². The molecule has 0 amide bonds. The lowest BCUT2D eigenvalue weighted by Gasteiger charge is -2.13. The van der Waals surface area contributed by atoms with Crippen molar-refractivity contribution in [3.8, 4) is 0 Å². The van der Waals surface area contributed by atoms with Gasteiger partial charge in [-0.3, -0.25) is 0 Å². The van der Waals surface area contributed by atoms with Crippen molar-refractivity contribution >= 4 is 0 Å². The quantitative estimate of drug-likeness (QED) is 0.597. The van der Waals surface area contributed by atoms with Gasteiger partial charge < -0.3 is 5.32 Å². The van der Waals surface area contributed by atoms with Crippen molar-refractivity contribution < 1.29 is 0 Å². The molecule has 0 aromatic carbocycles. The second kappa shape index (κ2) is 2.91. The maximum atomic E-state index is 3.42. The van der Waals surface area contributed by atoms with E-state index in [4.69, 9.17) is 0 Å². The lowest BCUT2D eigenvalue weighted by atomic mass is 9.92. The largest absolute Gasteiger partial charge is 0.308 e. The minimum Gasteiger partial charge on any atom is -0.308 e.